The Morgan fingerprint density at radius 3 is 2.52 bits per heavy atom. The number of nitrogens with zero attached hydrogens (tertiary/aromatic N) is 2. The largest absolute Gasteiger partial charge is 0.334 e. The lowest BCUT2D eigenvalue weighted by atomic mass is 10.1. The number of rotatable bonds is 5. The number of hydrogen-bond acceptors (Lipinski definition) is 4. The monoisotopic (exact) mass is 482 g/mol. The van der Waals surface area contributed by atoms with E-state index in [-0.39, 0.29) is 22.6 Å². The zero-order chi connectivity index (χ0) is 21.5. The molecular weight excluding hydrogens is 463 g/mol. The number of sulfonamides is 1. The molecule has 0 N–H and O–H groups in total. The van der Waals surface area contributed by atoms with Gasteiger partial charge in [0.15, 0.2) is 0 Å². The fourth-order valence-corrected chi connectivity index (χ4v) is 5.47. The Morgan fingerprint density at radius 1 is 1.21 bits per heavy atom. The average molecular weight is 483 g/mol. The van der Waals surface area contributed by atoms with Crippen LogP contribution in [0.4, 0.5) is 4.39 Å². The van der Waals surface area contributed by atoms with Crippen LogP contribution in [0.25, 0.3) is 0 Å². The molecule has 2 aromatic carbocycles. The Balaban J connectivity index is 1.96. The summed E-state index contributed by atoms with van der Waals surface area (Å²) in [5, 5.41) is 0. The van der Waals surface area contributed by atoms with Gasteiger partial charge in [-0.05, 0) is 57.2 Å². The van der Waals surface area contributed by atoms with Crippen molar-refractivity contribution < 1.29 is 22.4 Å². The molecular formula is C20H20BrFN2O4S. The van der Waals surface area contributed by atoms with E-state index in [4.69, 9.17) is 0 Å². The number of amides is 2. The minimum Gasteiger partial charge on any atom is -0.334 e. The molecule has 0 spiro atoms. The molecule has 9 heteroatoms. The maximum absolute atomic E-state index is 14.1. The SMILES string of the molecule is CCN(Cc1cc(Br)ccc1F)C(=O)c1ccc2c(c1)S(=O)(=O)N(C(C)C)C2=O. The van der Waals surface area contributed by atoms with Gasteiger partial charge < -0.3 is 4.90 Å². The third kappa shape index (κ3) is 3.81. The van der Waals surface area contributed by atoms with Crippen LogP contribution in [-0.4, -0.2) is 42.0 Å². The zero-order valence-corrected chi connectivity index (χ0v) is 18.5. The summed E-state index contributed by atoms with van der Waals surface area (Å²) in [5.74, 6) is -1.48. The molecule has 0 aliphatic carbocycles. The summed E-state index contributed by atoms with van der Waals surface area (Å²) >= 11 is 3.29. The molecule has 0 atom stereocenters. The van der Waals surface area contributed by atoms with Crippen LogP contribution in [0.2, 0.25) is 0 Å². The van der Waals surface area contributed by atoms with E-state index < -0.39 is 33.7 Å². The molecule has 1 aliphatic heterocycles. The summed E-state index contributed by atoms with van der Waals surface area (Å²) in [4.78, 5) is 26.7. The molecule has 29 heavy (non-hydrogen) atoms. The first kappa shape index (κ1) is 21.4. The minimum absolute atomic E-state index is 0.0293. The molecule has 0 aromatic heterocycles. The number of halogens is 2. The maximum Gasteiger partial charge on any atom is 0.269 e. The van der Waals surface area contributed by atoms with Gasteiger partial charge in [0.1, 0.15) is 10.7 Å². The van der Waals surface area contributed by atoms with Crippen LogP contribution >= 0.6 is 15.9 Å². The van der Waals surface area contributed by atoms with Crippen molar-refractivity contribution in [3.8, 4) is 0 Å². The van der Waals surface area contributed by atoms with Gasteiger partial charge in [0.05, 0.1) is 5.56 Å². The van der Waals surface area contributed by atoms with Crippen LogP contribution < -0.4 is 0 Å². The minimum atomic E-state index is -4.01. The van der Waals surface area contributed by atoms with E-state index in [0.717, 1.165) is 4.31 Å². The van der Waals surface area contributed by atoms with Gasteiger partial charge in [-0.2, -0.15) is 0 Å². The predicted octanol–water partition coefficient (Wildman–Crippen LogP) is 3.80. The first-order chi connectivity index (χ1) is 13.6. The van der Waals surface area contributed by atoms with Crippen molar-refractivity contribution in [2.24, 2.45) is 0 Å². The molecule has 1 aliphatic rings. The van der Waals surface area contributed by atoms with Crippen LogP contribution in [-0.2, 0) is 16.6 Å². The van der Waals surface area contributed by atoms with E-state index in [1.807, 2.05) is 0 Å². The van der Waals surface area contributed by atoms with E-state index in [1.165, 1.54) is 29.2 Å². The highest BCUT2D eigenvalue weighted by molar-refractivity contribution is 9.10. The Hall–Kier alpha value is -2.26. The summed E-state index contributed by atoms with van der Waals surface area (Å²) in [6, 6.07) is 7.96. The van der Waals surface area contributed by atoms with Crippen molar-refractivity contribution in [1.29, 1.82) is 0 Å². The normalized spacial score (nSPS) is 15.0. The molecule has 0 saturated carbocycles. The van der Waals surface area contributed by atoms with Crippen molar-refractivity contribution in [3.63, 3.8) is 0 Å². The number of hydrogen-bond donors (Lipinski definition) is 0. The quantitative estimate of drug-likeness (QED) is 0.649. The number of carbonyl (C=O) groups is 2. The van der Waals surface area contributed by atoms with E-state index >= 15 is 0 Å². The lowest BCUT2D eigenvalue weighted by molar-refractivity contribution is 0.0749. The Morgan fingerprint density at radius 2 is 1.90 bits per heavy atom. The highest BCUT2D eigenvalue weighted by Crippen LogP contribution is 2.33. The summed E-state index contributed by atoms with van der Waals surface area (Å²) in [6.07, 6.45) is 0. The predicted molar refractivity (Wildman–Crippen MR) is 109 cm³/mol. The molecule has 2 amide bonds. The van der Waals surface area contributed by atoms with Gasteiger partial charge in [0.2, 0.25) is 0 Å². The molecule has 154 valence electrons. The second-order valence-corrected chi connectivity index (χ2v) is 9.66. The second-order valence-electron chi connectivity index (χ2n) is 6.97. The Bertz CT molecular complexity index is 1100. The number of carbonyl (C=O) groups excluding carboxylic acids is 2. The fourth-order valence-electron chi connectivity index (χ4n) is 3.27. The Kier molecular flexibility index (Phi) is 5.82. The van der Waals surface area contributed by atoms with Crippen LogP contribution in [0, 0.1) is 5.82 Å². The van der Waals surface area contributed by atoms with E-state index in [0.29, 0.717) is 16.6 Å². The standard InChI is InChI=1S/C20H20BrFN2O4S/c1-4-23(11-14-9-15(21)6-8-17(14)22)19(25)13-5-7-16-18(10-13)29(27,28)24(12(2)3)20(16)26/h5-10,12H,4,11H2,1-3H3. The van der Waals surface area contributed by atoms with Crippen LogP contribution in [0.5, 0.6) is 0 Å². The molecule has 0 bridgehead atoms. The van der Waals surface area contributed by atoms with Crippen molar-refractivity contribution in [2.75, 3.05) is 6.54 Å². The third-order valence-corrected chi connectivity index (χ3v) is 7.20. The van der Waals surface area contributed by atoms with Gasteiger partial charge in [-0.15, -0.1) is 0 Å². The molecule has 0 saturated heterocycles. The summed E-state index contributed by atoms with van der Waals surface area (Å²) in [7, 11) is -4.01. The molecule has 0 fully saturated rings. The highest BCUT2D eigenvalue weighted by atomic mass is 79.9. The van der Waals surface area contributed by atoms with Gasteiger partial charge in [0, 0.05) is 34.7 Å². The highest BCUT2D eigenvalue weighted by Gasteiger charge is 2.43. The lowest BCUT2D eigenvalue weighted by Gasteiger charge is -2.22. The molecule has 2 aromatic rings. The first-order valence-electron chi connectivity index (χ1n) is 9.04. The summed E-state index contributed by atoms with van der Waals surface area (Å²) in [5.41, 5.74) is 0.517. The van der Waals surface area contributed by atoms with E-state index in [1.54, 1.807) is 32.9 Å². The number of fused-ring (bicyclic) bond motifs is 1. The summed E-state index contributed by atoms with van der Waals surface area (Å²) in [6.45, 7) is 5.30. The van der Waals surface area contributed by atoms with Gasteiger partial charge in [0.25, 0.3) is 21.8 Å². The van der Waals surface area contributed by atoms with Crippen molar-refractivity contribution in [1.82, 2.24) is 9.21 Å². The third-order valence-electron chi connectivity index (χ3n) is 4.70. The topological polar surface area (TPSA) is 74.8 Å². The molecule has 0 radical (unpaired) electrons. The maximum atomic E-state index is 14.1. The van der Waals surface area contributed by atoms with Gasteiger partial charge in [-0.25, -0.2) is 17.1 Å². The summed E-state index contributed by atoms with van der Waals surface area (Å²) < 4.78 is 41.1. The van der Waals surface area contributed by atoms with Gasteiger partial charge >= 0.3 is 0 Å². The van der Waals surface area contributed by atoms with Crippen LogP contribution in [0.3, 0.4) is 0 Å². The van der Waals surface area contributed by atoms with Crippen molar-refractivity contribution in [2.45, 2.75) is 38.3 Å². The zero-order valence-electron chi connectivity index (χ0n) is 16.1. The average Bonchev–Trinajstić information content (AvgIpc) is 2.87. The van der Waals surface area contributed by atoms with Crippen molar-refractivity contribution >= 4 is 37.8 Å². The van der Waals surface area contributed by atoms with Crippen LogP contribution in [0.15, 0.2) is 45.8 Å². The lowest BCUT2D eigenvalue weighted by Crippen LogP contribution is -2.36. The van der Waals surface area contributed by atoms with Gasteiger partial charge in [-0.3, -0.25) is 9.59 Å². The fraction of sp³-hybridized carbons (Fsp3) is 0.300. The number of benzene rings is 2. The molecule has 0 unspecified atom stereocenters. The Labute approximate surface area is 177 Å². The first-order valence-corrected chi connectivity index (χ1v) is 11.3. The van der Waals surface area contributed by atoms with E-state index in [2.05, 4.69) is 15.9 Å². The molecule has 1 heterocycles. The molecule has 3 rings (SSSR count). The van der Waals surface area contributed by atoms with Gasteiger partial charge in [-0.1, -0.05) is 15.9 Å². The smallest absolute Gasteiger partial charge is 0.269 e. The van der Waals surface area contributed by atoms with Crippen LogP contribution in [0.1, 0.15) is 47.1 Å². The second kappa shape index (κ2) is 7.87. The van der Waals surface area contributed by atoms with E-state index in [9.17, 15) is 22.4 Å². The molecule has 6 nitrogen and oxygen atoms in total. The van der Waals surface area contributed by atoms with Crippen molar-refractivity contribution in [3.05, 3.63) is 63.4 Å².